The van der Waals surface area contributed by atoms with E-state index in [1.807, 2.05) is 32.2 Å². The highest BCUT2D eigenvalue weighted by atomic mass is 32.2. The van der Waals surface area contributed by atoms with Crippen molar-refractivity contribution in [2.24, 2.45) is 0 Å². The number of rotatable bonds is 6. The van der Waals surface area contributed by atoms with E-state index in [0.29, 0.717) is 6.61 Å². The summed E-state index contributed by atoms with van der Waals surface area (Å²) in [6.07, 6.45) is 2.53. The van der Waals surface area contributed by atoms with Crippen molar-refractivity contribution in [2.45, 2.75) is 37.7 Å². The molecule has 5 rings (SSSR count). The zero-order valence-electron chi connectivity index (χ0n) is 18.7. The van der Waals surface area contributed by atoms with E-state index in [9.17, 15) is 8.42 Å². The molecule has 0 bridgehead atoms. The lowest BCUT2D eigenvalue weighted by molar-refractivity contribution is 0.289. The molecule has 1 N–H and O–H groups in total. The number of nitrogens with one attached hydrogen (secondary N) is 1. The smallest absolute Gasteiger partial charge is 0.263 e. The number of nitrogens with zero attached hydrogens (tertiary/aromatic N) is 3. The molecule has 0 amide bonds. The Labute approximate surface area is 193 Å². The van der Waals surface area contributed by atoms with Gasteiger partial charge in [-0.3, -0.25) is 4.72 Å². The summed E-state index contributed by atoms with van der Waals surface area (Å²) in [5.74, 6) is 1.11. The van der Waals surface area contributed by atoms with Gasteiger partial charge in [0.15, 0.2) is 0 Å². The highest BCUT2D eigenvalue weighted by molar-refractivity contribution is 7.92. The van der Waals surface area contributed by atoms with E-state index in [2.05, 4.69) is 19.6 Å². The third kappa shape index (κ3) is 4.45. The van der Waals surface area contributed by atoms with Gasteiger partial charge in [0.2, 0.25) is 5.82 Å². The second-order valence-electron chi connectivity index (χ2n) is 8.40. The van der Waals surface area contributed by atoms with Crippen LogP contribution in [0.4, 0.5) is 11.5 Å². The summed E-state index contributed by atoms with van der Waals surface area (Å²) >= 11 is 0. The molecule has 1 aliphatic carbocycles. The van der Waals surface area contributed by atoms with E-state index in [4.69, 9.17) is 9.47 Å². The number of aryl methyl sites for hydroxylation is 3. The molecule has 0 fully saturated rings. The molecule has 8 nitrogen and oxygen atoms in total. The highest BCUT2D eigenvalue weighted by Crippen LogP contribution is 2.33. The maximum Gasteiger partial charge on any atom is 0.263 e. The molecule has 33 heavy (non-hydrogen) atoms. The van der Waals surface area contributed by atoms with E-state index >= 15 is 0 Å². The summed E-state index contributed by atoms with van der Waals surface area (Å²) in [7, 11) is -1.80. The number of benzene rings is 2. The van der Waals surface area contributed by atoms with Crippen molar-refractivity contribution in [3.63, 3.8) is 0 Å². The summed E-state index contributed by atoms with van der Waals surface area (Å²) in [4.78, 5) is 11.5. The molecule has 2 aliphatic rings. The molecular weight excluding hydrogens is 440 g/mol. The predicted molar refractivity (Wildman–Crippen MR) is 126 cm³/mol. The van der Waals surface area contributed by atoms with E-state index in [-0.39, 0.29) is 23.2 Å². The van der Waals surface area contributed by atoms with Crippen molar-refractivity contribution >= 4 is 21.5 Å². The standard InChI is InChI=1S/C24H26N4O4S/c1-16-6-9-18(10-7-16)33(29,30)27-23-24(26-20-5-3-4-19(20)25-23)32-15-17-8-11-21-22(14-17)31-13-12-28(21)2/h6-11,14H,3-5,12-13,15H2,1-2H3,(H,25,27). The Balaban J connectivity index is 1.41. The quantitative estimate of drug-likeness (QED) is 0.594. The van der Waals surface area contributed by atoms with E-state index < -0.39 is 10.0 Å². The van der Waals surface area contributed by atoms with Gasteiger partial charge in [0, 0.05) is 7.05 Å². The van der Waals surface area contributed by atoms with Gasteiger partial charge in [0.1, 0.15) is 19.0 Å². The zero-order chi connectivity index (χ0) is 23.0. The first-order chi connectivity index (χ1) is 15.9. The van der Waals surface area contributed by atoms with Crippen LogP contribution in [-0.4, -0.2) is 38.6 Å². The van der Waals surface area contributed by atoms with E-state index in [1.54, 1.807) is 24.3 Å². The molecule has 0 saturated heterocycles. The number of hydrogen-bond acceptors (Lipinski definition) is 7. The number of aromatic nitrogens is 2. The topological polar surface area (TPSA) is 93.7 Å². The lowest BCUT2D eigenvalue weighted by Crippen LogP contribution is -2.28. The molecule has 2 aromatic carbocycles. The molecule has 3 aromatic rings. The Morgan fingerprint density at radius 1 is 1.09 bits per heavy atom. The molecule has 9 heteroatoms. The van der Waals surface area contributed by atoms with Crippen LogP contribution in [0.5, 0.6) is 11.6 Å². The van der Waals surface area contributed by atoms with Gasteiger partial charge in [-0.05, 0) is 56.0 Å². The van der Waals surface area contributed by atoms with Gasteiger partial charge in [0.25, 0.3) is 15.9 Å². The molecule has 0 atom stereocenters. The van der Waals surface area contributed by atoms with Crippen LogP contribution in [0.3, 0.4) is 0 Å². The van der Waals surface area contributed by atoms with Gasteiger partial charge >= 0.3 is 0 Å². The Bertz CT molecular complexity index is 1290. The van der Waals surface area contributed by atoms with Gasteiger partial charge in [-0.25, -0.2) is 18.4 Å². The van der Waals surface area contributed by atoms with E-state index in [0.717, 1.165) is 59.8 Å². The summed E-state index contributed by atoms with van der Waals surface area (Å²) < 4.78 is 40.3. The first-order valence-corrected chi connectivity index (χ1v) is 12.5. The number of anilines is 2. The number of ether oxygens (including phenoxy) is 2. The fourth-order valence-corrected chi connectivity index (χ4v) is 5.03. The lowest BCUT2D eigenvalue weighted by atomic mass is 10.1. The lowest BCUT2D eigenvalue weighted by Gasteiger charge is -2.28. The van der Waals surface area contributed by atoms with Crippen molar-refractivity contribution < 1.29 is 17.9 Å². The molecule has 0 radical (unpaired) electrons. The maximum atomic E-state index is 13.0. The van der Waals surface area contributed by atoms with Crippen LogP contribution in [0.2, 0.25) is 0 Å². The van der Waals surface area contributed by atoms with Crippen molar-refractivity contribution in [3.05, 3.63) is 65.0 Å². The van der Waals surface area contributed by atoms with Crippen LogP contribution >= 0.6 is 0 Å². The number of fused-ring (bicyclic) bond motifs is 2. The van der Waals surface area contributed by atoms with Crippen molar-refractivity contribution in [1.29, 1.82) is 0 Å². The van der Waals surface area contributed by atoms with Gasteiger partial charge in [0.05, 0.1) is 28.5 Å². The molecule has 172 valence electrons. The molecule has 1 aliphatic heterocycles. The largest absolute Gasteiger partial charge is 0.490 e. The second-order valence-corrected chi connectivity index (χ2v) is 10.1. The second kappa shape index (κ2) is 8.55. The Hall–Kier alpha value is -3.33. The number of likely N-dealkylation sites (N-methyl/N-ethyl adjacent to an activating group) is 1. The number of hydrogen-bond donors (Lipinski definition) is 1. The minimum atomic E-state index is -3.83. The van der Waals surface area contributed by atoms with Crippen molar-refractivity contribution in [2.75, 3.05) is 29.8 Å². The monoisotopic (exact) mass is 466 g/mol. The molecule has 0 saturated carbocycles. The van der Waals surface area contributed by atoms with E-state index in [1.165, 1.54) is 0 Å². The van der Waals surface area contributed by atoms with Crippen LogP contribution in [0.25, 0.3) is 0 Å². The first-order valence-electron chi connectivity index (χ1n) is 11.0. The minimum Gasteiger partial charge on any atom is -0.490 e. The molecule has 1 aromatic heterocycles. The average molecular weight is 467 g/mol. The van der Waals surface area contributed by atoms with Crippen LogP contribution in [-0.2, 0) is 29.5 Å². The highest BCUT2D eigenvalue weighted by Gasteiger charge is 2.24. The Kier molecular flexibility index (Phi) is 5.57. The van der Waals surface area contributed by atoms with Crippen molar-refractivity contribution in [3.8, 4) is 11.6 Å². The van der Waals surface area contributed by atoms with Crippen LogP contribution in [0.1, 0.15) is 28.9 Å². The SMILES string of the molecule is Cc1ccc(S(=O)(=O)Nc2nc3c(nc2OCc2ccc4c(c2)OCCN4C)CCC3)cc1. The molecule has 2 heterocycles. The molecule has 0 spiro atoms. The van der Waals surface area contributed by atoms with Crippen molar-refractivity contribution in [1.82, 2.24) is 9.97 Å². The Morgan fingerprint density at radius 2 is 1.85 bits per heavy atom. The third-order valence-corrected chi connectivity index (χ3v) is 7.26. The normalized spacial score (nSPS) is 14.9. The minimum absolute atomic E-state index is 0.116. The summed E-state index contributed by atoms with van der Waals surface area (Å²) in [5, 5.41) is 0. The molecular formula is C24H26N4O4S. The summed E-state index contributed by atoms with van der Waals surface area (Å²) in [6.45, 7) is 3.60. The first kappa shape index (κ1) is 21.5. The van der Waals surface area contributed by atoms with Gasteiger partial charge in [-0.2, -0.15) is 0 Å². The summed E-state index contributed by atoms with van der Waals surface area (Å²) in [6, 6.07) is 12.6. The zero-order valence-corrected chi connectivity index (χ0v) is 19.5. The summed E-state index contributed by atoms with van der Waals surface area (Å²) in [5.41, 5.74) is 4.59. The third-order valence-electron chi connectivity index (χ3n) is 5.90. The maximum absolute atomic E-state index is 13.0. The van der Waals surface area contributed by atoms with Gasteiger partial charge in [-0.15, -0.1) is 0 Å². The van der Waals surface area contributed by atoms with Crippen LogP contribution in [0.15, 0.2) is 47.4 Å². The van der Waals surface area contributed by atoms with Crippen LogP contribution < -0.4 is 19.1 Å². The predicted octanol–water partition coefficient (Wildman–Crippen LogP) is 3.48. The Morgan fingerprint density at radius 3 is 2.64 bits per heavy atom. The fourth-order valence-electron chi connectivity index (χ4n) is 4.03. The van der Waals surface area contributed by atoms with Gasteiger partial charge in [-0.1, -0.05) is 23.8 Å². The fraction of sp³-hybridized carbons (Fsp3) is 0.333. The van der Waals surface area contributed by atoms with Crippen LogP contribution in [0, 0.1) is 6.92 Å². The number of sulfonamides is 1. The molecule has 0 unspecified atom stereocenters. The van der Waals surface area contributed by atoms with Gasteiger partial charge < -0.3 is 14.4 Å². The average Bonchev–Trinajstić information content (AvgIpc) is 3.25.